The minimum Gasteiger partial charge on any atom is -0.396 e. The molecule has 0 fully saturated rings. The highest BCUT2D eigenvalue weighted by molar-refractivity contribution is 5.86. The van der Waals surface area contributed by atoms with E-state index in [1.807, 2.05) is 0 Å². The zero-order valence-electron chi connectivity index (χ0n) is 15.1. The van der Waals surface area contributed by atoms with Crippen molar-refractivity contribution in [1.29, 1.82) is 0 Å². The van der Waals surface area contributed by atoms with E-state index in [4.69, 9.17) is 0 Å². The van der Waals surface area contributed by atoms with E-state index in [1.54, 1.807) is 0 Å². The van der Waals surface area contributed by atoms with Crippen LogP contribution in [0.25, 0.3) is 10.9 Å². The molecule has 0 aliphatic carbocycles. The van der Waals surface area contributed by atoms with Crippen molar-refractivity contribution in [2.75, 3.05) is 6.61 Å². The van der Waals surface area contributed by atoms with Gasteiger partial charge in [0, 0.05) is 50.4 Å². The number of hydrogen-bond donors (Lipinski definition) is 1. The first-order valence-corrected chi connectivity index (χ1v) is 9.11. The van der Waals surface area contributed by atoms with E-state index in [-0.39, 0.29) is 6.61 Å². The fraction of sp³-hybridized carbons (Fsp3) is 0.364. The van der Waals surface area contributed by atoms with Crippen molar-refractivity contribution in [2.24, 2.45) is 13.0 Å². The number of aromatic nitrogens is 1. The van der Waals surface area contributed by atoms with Crippen molar-refractivity contribution < 1.29 is 5.11 Å². The number of nitrogens with zero attached hydrogens (tertiary/aromatic N) is 2. The van der Waals surface area contributed by atoms with Gasteiger partial charge in [-0.1, -0.05) is 37.3 Å². The second-order valence-electron chi connectivity index (χ2n) is 7.53. The Morgan fingerprint density at radius 1 is 1.08 bits per heavy atom. The number of benzene rings is 2. The summed E-state index contributed by atoms with van der Waals surface area (Å²) in [6, 6.07) is 15.5. The summed E-state index contributed by atoms with van der Waals surface area (Å²) in [5.74, 6) is 0.299. The molecular formula is C22H26N2O. The van der Waals surface area contributed by atoms with Gasteiger partial charge in [-0.05, 0) is 46.7 Å². The normalized spacial score (nSPS) is 15.6. The average molecular weight is 334 g/mol. The van der Waals surface area contributed by atoms with Crippen molar-refractivity contribution >= 4 is 10.9 Å². The van der Waals surface area contributed by atoms with E-state index >= 15 is 0 Å². The molecule has 3 heteroatoms. The first kappa shape index (κ1) is 16.4. The number of aliphatic hydroxyl groups is 1. The van der Waals surface area contributed by atoms with Gasteiger partial charge in [-0.25, -0.2) is 0 Å². The van der Waals surface area contributed by atoms with Crippen LogP contribution in [-0.4, -0.2) is 21.2 Å². The summed E-state index contributed by atoms with van der Waals surface area (Å²) >= 11 is 0. The van der Waals surface area contributed by atoms with Gasteiger partial charge >= 0.3 is 0 Å². The molecule has 0 spiro atoms. The molecule has 3 aromatic rings. The maximum Gasteiger partial charge on any atom is 0.0484 e. The summed E-state index contributed by atoms with van der Waals surface area (Å²) in [7, 11) is 2.12. The summed E-state index contributed by atoms with van der Waals surface area (Å²) in [5.41, 5.74) is 6.93. The molecule has 2 aromatic carbocycles. The number of fused-ring (bicyclic) bond motifs is 2. The SMILES string of the molecule is CC(CO)Cc1cn(C)c2cc3c(cc12)CN(Cc1ccccc1)C3. The molecule has 0 amide bonds. The molecule has 4 rings (SSSR count). The van der Waals surface area contributed by atoms with Crippen LogP contribution in [0.2, 0.25) is 0 Å². The van der Waals surface area contributed by atoms with Crippen LogP contribution in [0.3, 0.4) is 0 Å². The third kappa shape index (κ3) is 3.22. The van der Waals surface area contributed by atoms with Gasteiger partial charge in [0.05, 0.1) is 0 Å². The molecule has 1 aliphatic rings. The van der Waals surface area contributed by atoms with Crippen LogP contribution in [0.1, 0.15) is 29.2 Å². The number of rotatable bonds is 5. The van der Waals surface area contributed by atoms with Gasteiger partial charge in [0.25, 0.3) is 0 Å². The summed E-state index contributed by atoms with van der Waals surface area (Å²) in [6.45, 7) is 5.39. The van der Waals surface area contributed by atoms with Crippen molar-refractivity contribution in [3.63, 3.8) is 0 Å². The van der Waals surface area contributed by atoms with Crippen LogP contribution in [0.15, 0.2) is 48.7 Å². The first-order valence-electron chi connectivity index (χ1n) is 9.11. The molecule has 1 N–H and O–H groups in total. The fourth-order valence-corrected chi connectivity index (χ4v) is 3.99. The predicted octanol–water partition coefficient (Wildman–Crippen LogP) is 3.87. The Balaban J connectivity index is 1.61. The molecule has 1 aromatic heterocycles. The molecule has 1 atom stereocenters. The van der Waals surface area contributed by atoms with E-state index in [1.165, 1.54) is 33.2 Å². The molecule has 1 aliphatic heterocycles. The summed E-state index contributed by atoms with van der Waals surface area (Å²) in [5, 5.41) is 10.7. The topological polar surface area (TPSA) is 28.4 Å². The van der Waals surface area contributed by atoms with E-state index in [2.05, 4.69) is 72.1 Å². The molecule has 1 unspecified atom stereocenters. The predicted molar refractivity (Wildman–Crippen MR) is 102 cm³/mol. The van der Waals surface area contributed by atoms with Gasteiger partial charge in [0.1, 0.15) is 0 Å². The largest absolute Gasteiger partial charge is 0.396 e. The van der Waals surface area contributed by atoms with Gasteiger partial charge < -0.3 is 9.67 Å². The zero-order chi connectivity index (χ0) is 17.4. The monoisotopic (exact) mass is 334 g/mol. The molecule has 25 heavy (non-hydrogen) atoms. The van der Waals surface area contributed by atoms with Gasteiger partial charge in [-0.3, -0.25) is 4.90 Å². The van der Waals surface area contributed by atoms with Crippen molar-refractivity contribution in [3.05, 3.63) is 70.9 Å². The molecule has 0 saturated carbocycles. The second kappa shape index (κ2) is 6.66. The highest BCUT2D eigenvalue weighted by Crippen LogP contribution is 2.32. The first-order chi connectivity index (χ1) is 12.1. The third-order valence-corrected chi connectivity index (χ3v) is 5.31. The van der Waals surface area contributed by atoms with Crippen LogP contribution < -0.4 is 0 Å². The lowest BCUT2D eigenvalue weighted by atomic mass is 9.99. The Labute approximate surface area is 149 Å². The zero-order valence-corrected chi connectivity index (χ0v) is 15.1. The lowest BCUT2D eigenvalue weighted by molar-refractivity contribution is 0.237. The minimum atomic E-state index is 0.242. The maximum atomic E-state index is 9.39. The van der Waals surface area contributed by atoms with Crippen molar-refractivity contribution in [2.45, 2.75) is 33.0 Å². The quantitative estimate of drug-likeness (QED) is 0.767. The molecule has 3 nitrogen and oxygen atoms in total. The van der Waals surface area contributed by atoms with Crippen LogP contribution in [-0.2, 0) is 33.1 Å². The Morgan fingerprint density at radius 2 is 1.80 bits per heavy atom. The Bertz CT molecular complexity index is 882. The van der Waals surface area contributed by atoms with Crippen LogP contribution in [0.5, 0.6) is 0 Å². The molecule has 0 bridgehead atoms. The Kier molecular flexibility index (Phi) is 4.36. The fourth-order valence-electron chi connectivity index (χ4n) is 3.99. The summed E-state index contributed by atoms with van der Waals surface area (Å²) < 4.78 is 2.23. The molecule has 0 radical (unpaired) electrons. The van der Waals surface area contributed by atoms with Crippen molar-refractivity contribution in [1.82, 2.24) is 9.47 Å². The van der Waals surface area contributed by atoms with E-state index < -0.39 is 0 Å². The standard InChI is InChI=1S/C22H26N2O/c1-16(15-25)8-20-12-23(2)22-10-19-14-24(13-18(19)9-21(20)22)11-17-6-4-3-5-7-17/h3-7,9-10,12,16,25H,8,11,13-15H2,1-2H3. The smallest absolute Gasteiger partial charge is 0.0484 e. The van der Waals surface area contributed by atoms with Gasteiger partial charge in [0.15, 0.2) is 0 Å². The average Bonchev–Trinajstić information content (AvgIpc) is 3.14. The lowest BCUT2D eigenvalue weighted by Gasteiger charge is -2.14. The Hall–Kier alpha value is -2.10. The third-order valence-electron chi connectivity index (χ3n) is 5.31. The summed E-state index contributed by atoms with van der Waals surface area (Å²) in [6.07, 6.45) is 3.16. The van der Waals surface area contributed by atoms with E-state index in [0.29, 0.717) is 5.92 Å². The molecule has 2 heterocycles. The number of hydrogen-bond acceptors (Lipinski definition) is 2. The van der Waals surface area contributed by atoms with Gasteiger partial charge in [0.2, 0.25) is 0 Å². The van der Waals surface area contributed by atoms with Crippen LogP contribution in [0, 0.1) is 5.92 Å². The summed E-state index contributed by atoms with van der Waals surface area (Å²) in [4.78, 5) is 2.51. The van der Waals surface area contributed by atoms with Gasteiger partial charge in [-0.15, -0.1) is 0 Å². The van der Waals surface area contributed by atoms with Crippen LogP contribution in [0.4, 0.5) is 0 Å². The molecule has 130 valence electrons. The highest BCUT2D eigenvalue weighted by atomic mass is 16.3. The second-order valence-corrected chi connectivity index (χ2v) is 7.53. The number of aryl methyl sites for hydroxylation is 1. The molecular weight excluding hydrogens is 308 g/mol. The van der Waals surface area contributed by atoms with Crippen LogP contribution >= 0.6 is 0 Å². The maximum absolute atomic E-state index is 9.39. The minimum absolute atomic E-state index is 0.242. The Morgan fingerprint density at radius 3 is 2.52 bits per heavy atom. The number of aliphatic hydroxyl groups excluding tert-OH is 1. The van der Waals surface area contributed by atoms with Crippen molar-refractivity contribution in [3.8, 4) is 0 Å². The lowest BCUT2D eigenvalue weighted by Crippen LogP contribution is -2.15. The van der Waals surface area contributed by atoms with Gasteiger partial charge in [-0.2, -0.15) is 0 Å². The highest BCUT2D eigenvalue weighted by Gasteiger charge is 2.21. The molecule has 0 saturated heterocycles. The van der Waals surface area contributed by atoms with E-state index in [9.17, 15) is 5.11 Å². The van der Waals surface area contributed by atoms with E-state index in [0.717, 1.165) is 26.1 Å².